The zero-order valence-corrected chi connectivity index (χ0v) is 9.94. The fourth-order valence-electron chi connectivity index (χ4n) is 1.70. The summed E-state index contributed by atoms with van der Waals surface area (Å²) in [6.07, 6.45) is 0.337. The average molecular weight is 265 g/mol. The minimum Gasteiger partial charge on any atom is -0.481 e. The number of anilines is 1. The van der Waals surface area contributed by atoms with Crippen molar-refractivity contribution in [1.29, 1.82) is 5.26 Å². The molecule has 2 N–H and O–H groups in total. The highest BCUT2D eigenvalue weighted by Crippen LogP contribution is 2.39. The van der Waals surface area contributed by atoms with Crippen LogP contribution in [0.2, 0.25) is 5.02 Å². The lowest BCUT2D eigenvalue weighted by molar-refractivity contribution is -0.139. The molecule has 5 nitrogen and oxygen atoms in total. The Labute approximate surface area is 108 Å². The maximum atomic E-state index is 11.7. The van der Waals surface area contributed by atoms with E-state index in [-0.39, 0.29) is 5.91 Å². The van der Waals surface area contributed by atoms with Crippen LogP contribution in [-0.2, 0) is 9.59 Å². The van der Waals surface area contributed by atoms with Crippen molar-refractivity contribution in [2.75, 3.05) is 5.32 Å². The molecular formula is C12H9ClN2O3. The Morgan fingerprint density at radius 1 is 1.44 bits per heavy atom. The molecule has 0 unspecified atom stereocenters. The van der Waals surface area contributed by atoms with Crippen LogP contribution < -0.4 is 5.32 Å². The summed E-state index contributed by atoms with van der Waals surface area (Å²) in [6, 6.07) is 6.45. The van der Waals surface area contributed by atoms with Gasteiger partial charge in [0.15, 0.2) is 0 Å². The maximum Gasteiger partial charge on any atom is 0.307 e. The van der Waals surface area contributed by atoms with Crippen molar-refractivity contribution in [2.24, 2.45) is 11.8 Å². The lowest BCUT2D eigenvalue weighted by atomic mass is 10.2. The predicted octanol–water partition coefficient (Wildman–Crippen LogP) is 1.87. The third-order valence-corrected chi connectivity index (χ3v) is 3.04. The summed E-state index contributed by atoms with van der Waals surface area (Å²) in [7, 11) is 0. The summed E-state index contributed by atoms with van der Waals surface area (Å²) >= 11 is 5.78. The van der Waals surface area contributed by atoms with E-state index in [0.717, 1.165) is 0 Å². The van der Waals surface area contributed by atoms with Crippen LogP contribution in [0.1, 0.15) is 12.0 Å². The highest BCUT2D eigenvalue weighted by atomic mass is 35.5. The monoisotopic (exact) mass is 264 g/mol. The summed E-state index contributed by atoms with van der Waals surface area (Å²) in [6.45, 7) is 0. The summed E-state index contributed by atoms with van der Waals surface area (Å²) in [5.41, 5.74) is 0.603. The van der Waals surface area contributed by atoms with E-state index >= 15 is 0 Å². The molecule has 1 amide bonds. The van der Waals surface area contributed by atoms with Crippen molar-refractivity contribution in [1.82, 2.24) is 0 Å². The number of halogens is 1. The number of carbonyl (C=O) groups excluding carboxylic acids is 1. The van der Waals surface area contributed by atoms with Gasteiger partial charge in [0.25, 0.3) is 0 Å². The van der Waals surface area contributed by atoms with Crippen LogP contribution in [0.4, 0.5) is 5.69 Å². The fourth-order valence-corrected chi connectivity index (χ4v) is 1.87. The number of hydrogen-bond acceptors (Lipinski definition) is 3. The van der Waals surface area contributed by atoms with Gasteiger partial charge in [-0.25, -0.2) is 0 Å². The second kappa shape index (κ2) is 4.67. The third-order valence-electron chi connectivity index (χ3n) is 2.80. The predicted molar refractivity (Wildman–Crippen MR) is 64.0 cm³/mol. The second-order valence-electron chi connectivity index (χ2n) is 4.08. The molecule has 6 heteroatoms. The minimum absolute atomic E-state index is 0.292. The molecule has 0 aliphatic heterocycles. The molecule has 1 aliphatic rings. The fraction of sp³-hybridized carbons (Fsp3) is 0.250. The van der Waals surface area contributed by atoms with Crippen LogP contribution in [0.3, 0.4) is 0 Å². The Balaban J connectivity index is 2.11. The Kier molecular flexibility index (Phi) is 3.21. The van der Waals surface area contributed by atoms with Crippen molar-refractivity contribution in [3.8, 4) is 6.07 Å². The van der Waals surface area contributed by atoms with Gasteiger partial charge in [-0.3, -0.25) is 9.59 Å². The van der Waals surface area contributed by atoms with Gasteiger partial charge >= 0.3 is 5.97 Å². The first-order valence-electron chi connectivity index (χ1n) is 5.26. The van der Waals surface area contributed by atoms with E-state index in [4.69, 9.17) is 22.0 Å². The van der Waals surface area contributed by atoms with Crippen LogP contribution in [0.25, 0.3) is 0 Å². The molecule has 92 valence electrons. The van der Waals surface area contributed by atoms with E-state index in [1.165, 1.54) is 12.1 Å². The van der Waals surface area contributed by atoms with E-state index in [0.29, 0.717) is 22.7 Å². The highest BCUT2D eigenvalue weighted by Gasteiger charge is 2.48. The largest absolute Gasteiger partial charge is 0.481 e. The van der Waals surface area contributed by atoms with Crippen LogP contribution in [0, 0.1) is 23.2 Å². The number of hydrogen-bond donors (Lipinski definition) is 2. The van der Waals surface area contributed by atoms with Gasteiger partial charge in [-0.05, 0) is 24.6 Å². The Hall–Kier alpha value is -2.06. The summed E-state index contributed by atoms with van der Waals surface area (Å²) < 4.78 is 0. The molecule has 0 bridgehead atoms. The van der Waals surface area contributed by atoms with E-state index in [2.05, 4.69) is 5.32 Å². The van der Waals surface area contributed by atoms with Crippen molar-refractivity contribution >= 4 is 29.2 Å². The summed E-state index contributed by atoms with van der Waals surface area (Å²) in [5.74, 6) is -2.49. The molecule has 18 heavy (non-hydrogen) atoms. The van der Waals surface area contributed by atoms with Crippen molar-refractivity contribution in [3.05, 3.63) is 28.8 Å². The number of aliphatic carboxylic acids is 1. The molecule has 1 aromatic carbocycles. The van der Waals surface area contributed by atoms with Gasteiger partial charge in [-0.2, -0.15) is 5.26 Å². The molecule has 2 atom stereocenters. The van der Waals surface area contributed by atoms with Crippen molar-refractivity contribution < 1.29 is 14.7 Å². The Bertz CT molecular complexity index is 565. The zero-order valence-electron chi connectivity index (χ0n) is 9.18. The molecule has 0 spiro atoms. The summed E-state index contributed by atoms with van der Waals surface area (Å²) in [4.78, 5) is 22.4. The number of nitrogens with one attached hydrogen (secondary N) is 1. The van der Waals surface area contributed by atoms with Crippen LogP contribution in [0.5, 0.6) is 0 Å². The van der Waals surface area contributed by atoms with Gasteiger partial charge in [0.05, 0.1) is 23.1 Å². The van der Waals surface area contributed by atoms with Gasteiger partial charge in [0.2, 0.25) is 5.91 Å². The number of benzene rings is 1. The highest BCUT2D eigenvalue weighted by molar-refractivity contribution is 6.31. The van der Waals surface area contributed by atoms with Gasteiger partial charge in [-0.15, -0.1) is 0 Å². The third kappa shape index (κ3) is 2.44. The first-order chi connectivity index (χ1) is 8.52. The Morgan fingerprint density at radius 2 is 2.17 bits per heavy atom. The SMILES string of the molecule is N#Cc1ccc(Cl)cc1NC(=O)[C@@H]1C[C@@H]1C(=O)O. The molecule has 0 aromatic heterocycles. The smallest absolute Gasteiger partial charge is 0.307 e. The van der Waals surface area contributed by atoms with Gasteiger partial charge < -0.3 is 10.4 Å². The number of carbonyl (C=O) groups is 2. The number of rotatable bonds is 3. The van der Waals surface area contributed by atoms with E-state index in [1.54, 1.807) is 6.07 Å². The maximum absolute atomic E-state index is 11.7. The number of nitriles is 1. The van der Waals surface area contributed by atoms with Crippen LogP contribution in [-0.4, -0.2) is 17.0 Å². The summed E-state index contributed by atoms with van der Waals surface area (Å²) in [5, 5.41) is 20.5. The van der Waals surface area contributed by atoms with Crippen LogP contribution >= 0.6 is 11.6 Å². The first kappa shape index (κ1) is 12.4. The van der Waals surface area contributed by atoms with E-state index < -0.39 is 17.8 Å². The Morgan fingerprint density at radius 3 is 2.72 bits per heavy atom. The van der Waals surface area contributed by atoms with Gasteiger partial charge in [0.1, 0.15) is 6.07 Å². The molecule has 0 heterocycles. The standard InChI is InChI=1S/C12H9ClN2O3/c13-7-2-1-6(5-14)10(3-7)15-11(16)8-4-9(8)12(17)18/h1-3,8-9H,4H2,(H,15,16)(H,17,18)/t8-,9+/m1/s1. The molecular weight excluding hydrogens is 256 g/mol. The number of amides is 1. The lowest BCUT2D eigenvalue weighted by Crippen LogP contribution is -2.17. The number of nitrogens with zero attached hydrogens (tertiary/aromatic N) is 1. The second-order valence-corrected chi connectivity index (χ2v) is 4.51. The molecule has 0 radical (unpaired) electrons. The zero-order chi connectivity index (χ0) is 13.3. The van der Waals surface area contributed by atoms with Crippen molar-refractivity contribution in [3.63, 3.8) is 0 Å². The van der Waals surface area contributed by atoms with E-state index in [1.807, 2.05) is 6.07 Å². The van der Waals surface area contributed by atoms with Gasteiger partial charge in [-0.1, -0.05) is 11.6 Å². The quantitative estimate of drug-likeness (QED) is 0.872. The molecule has 1 aromatic rings. The first-order valence-corrected chi connectivity index (χ1v) is 5.64. The lowest BCUT2D eigenvalue weighted by Gasteiger charge is -2.06. The molecule has 1 aliphatic carbocycles. The normalized spacial score (nSPS) is 20.9. The van der Waals surface area contributed by atoms with Crippen LogP contribution in [0.15, 0.2) is 18.2 Å². The molecule has 1 saturated carbocycles. The minimum atomic E-state index is -0.971. The molecule has 0 saturated heterocycles. The van der Waals surface area contributed by atoms with E-state index in [9.17, 15) is 9.59 Å². The van der Waals surface area contributed by atoms with Gasteiger partial charge in [0, 0.05) is 5.02 Å². The average Bonchev–Trinajstić information content (AvgIpc) is 3.09. The van der Waals surface area contributed by atoms with Crippen molar-refractivity contribution in [2.45, 2.75) is 6.42 Å². The molecule has 1 fully saturated rings. The number of carboxylic acid groups (broad SMARTS) is 1. The topological polar surface area (TPSA) is 90.2 Å². The molecule has 2 rings (SSSR count). The number of carboxylic acids is 1.